The number of nitrogens with one attached hydrogen (secondary N) is 1. The minimum Gasteiger partial charge on any atom is -0.480 e. The number of carboxylic acids is 1. The Morgan fingerprint density at radius 3 is 2.38 bits per heavy atom. The number of aliphatic carboxylic acids is 1. The molecular formula is C14H20N2O5. The maximum absolute atomic E-state index is 11.4. The molecule has 0 saturated carbocycles. The van der Waals surface area contributed by atoms with Gasteiger partial charge < -0.3 is 25.6 Å². The summed E-state index contributed by atoms with van der Waals surface area (Å²) in [5.41, 5.74) is 6.79. The molecule has 1 unspecified atom stereocenters. The van der Waals surface area contributed by atoms with Gasteiger partial charge in [0, 0.05) is 19.7 Å². The fourth-order valence-corrected chi connectivity index (χ4v) is 1.81. The van der Waals surface area contributed by atoms with Crippen molar-refractivity contribution in [3.63, 3.8) is 0 Å². The second-order valence-corrected chi connectivity index (χ2v) is 4.47. The number of nitrogen functional groups attached to an aromatic ring is 1. The number of carbonyl (C=O) groups is 2. The average molecular weight is 296 g/mol. The van der Waals surface area contributed by atoms with Crippen molar-refractivity contribution in [2.24, 2.45) is 0 Å². The molecule has 0 bridgehead atoms. The van der Waals surface area contributed by atoms with Gasteiger partial charge in [0.25, 0.3) is 0 Å². The van der Waals surface area contributed by atoms with Crippen molar-refractivity contribution < 1.29 is 24.2 Å². The van der Waals surface area contributed by atoms with Gasteiger partial charge in [-0.15, -0.1) is 0 Å². The van der Waals surface area contributed by atoms with Crippen LogP contribution >= 0.6 is 0 Å². The van der Waals surface area contributed by atoms with E-state index in [9.17, 15) is 14.7 Å². The largest absolute Gasteiger partial charge is 0.480 e. The summed E-state index contributed by atoms with van der Waals surface area (Å²) in [7, 11) is 1.52. The van der Waals surface area contributed by atoms with Gasteiger partial charge in [-0.3, -0.25) is 4.79 Å². The number of hydrogen-bond donors (Lipinski definition) is 3. The molecular weight excluding hydrogens is 276 g/mol. The van der Waals surface area contributed by atoms with Crippen LogP contribution in [0.3, 0.4) is 0 Å². The number of anilines is 1. The van der Waals surface area contributed by atoms with Crippen molar-refractivity contribution in [2.75, 3.05) is 26.1 Å². The maximum atomic E-state index is 11.4. The van der Waals surface area contributed by atoms with Crippen LogP contribution in [0.15, 0.2) is 24.3 Å². The van der Waals surface area contributed by atoms with Gasteiger partial charge in [0.15, 0.2) is 6.04 Å². The number of ether oxygens (including phenoxy) is 2. The molecule has 21 heavy (non-hydrogen) atoms. The van der Waals surface area contributed by atoms with Crippen LogP contribution in [0.5, 0.6) is 0 Å². The molecule has 0 aliphatic carbocycles. The van der Waals surface area contributed by atoms with E-state index in [2.05, 4.69) is 5.32 Å². The molecule has 0 spiro atoms. The summed E-state index contributed by atoms with van der Waals surface area (Å²) < 4.78 is 10.5. The molecule has 0 heterocycles. The molecule has 4 N–H and O–H groups in total. The maximum Gasteiger partial charge on any atom is 0.329 e. The van der Waals surface area contributed by atoms with E-state index >= 15 is 0 Å². The number of carbonyl (C=O) groups excluding carboxylic acids is 1. The van der Waals surface area contributed by atoms with Crippen molar-refractivity contribution in [3.8, 4) is 0 Å². The predicted molar refractivity (Wildman–Crippen MR) is 76.7 cm³/mol. The van der Waals surface area contributed by atoms with E-state index in [0.29, 0.717) is 17.9 Å². The minimum absolute atomic E-state index is 0.203. The Balaban J connectivity index is 3.00. The van der Waals surface area contributed by atoms with Gasteiger partial charge in [0.05, 0.1) is 13.2 Å². The van der Waals surface area contributed by atoms with Gasteiger partial charge >= 0.3 is 5.97 Å². The number of hydrogen-bond acceptors (Lipinski definition) is 5. The second kappa shape index (κ2) is 8.23. The number of benzene rings is 1. The van der Waals surface area contributed by atoms with Gasteiger partial charge in [-0.25, -0.2) is 4.79 Å². The highest BCUT2D eigenvalue weighted by molar-refractivity contribution is 5.82. The van der Waals surface area contributed by atoms with Gasteiger partial charge in [0.2, 0.25) is 5.91 Å². The fourth-order valence-electron chi connectivity index (χ4n) is 1.81. The highest BCUT2D eigenvalue weighted by Crippen LogP contribution is 2.23. The molecule has 1 aromatic carbocycles. The molecule has 1 amide bonds. The molecule has 1 aromatic rings. The Morgan fingerprint density at radius 2 is 1.90 bits per heavy atom. The number of methoxy groups -OCH3 is 1. The zero-order valence-electron chi connectivity index (χ0n) is 12.0. The van der Waals surface area contributed by atoms with E-state index < -0.39 is 24.0 Å². The molecule has 7 heteroatoms. The monoisotopic (exact) mass is 296 g/mol. The van der Waals surface area contributed by atoms with Crippen LogP contribution in [0.1, 0.15) is 18.6 Å². The van der Waals surface area contributed by atoms with E-state index in [4.69, 9.17) is 15.2 Å². The lowest BCUT2D eigenvalue weighted by atomic mass is 10.0. The summed E-state index contributed by atoms with van der Waals surface area (Å²) in [6.07, 6.45) is -0.831. The Morgan fingerprint density at radius 1 is 1.29 bits per heavy atom. The van der Waals surface area contributed by atoms with Gasteiger partial charge in [-0.1, -0.05) is 12.1 Å². The zero-order valence-corrected chi connectivity index (χ0v) is 12.0. The number of rotatable bonds is 8. The molecule has 116 valence electrons. The van der Waals surface area contributed by atoms with Crippen LogP contribution in [0.2, 0.25) is 0 Å². The highest BCUT2D eigenvalue weighted by Gasteiger charge is 2.31. The molecule has 2 atom stereocenters. The molecule has 0 aliphatic rings. The Bertz CT molecular complexity index is 475. The van der Waals surface area contributed by atoms with Crippen molar-refractivity contribution in [2.45, 2.75) is 19.1 Å². The summed E-state index contributed by atoms with van der Waals surface area (Å²) in [4.78, 5) is 22.6. The van der Waals surface area contributed by atoms with E-state index in [1.165, 1.54) is 14.0 Å². The van der Waals surface area contributed by atoms with Gasteiger partial charge in [0.1, 0.15) is 6.10 Å². The lowest BCUT2D eigenvalue weighted by Crippen LogP contribution is -2.45. The van der Waals surface area contributed by atoms with Crippen molar-refractivity contribution in [1.82, 2.24) is 5.32 Å². The molecule has 0 aliphatic heterocycles. The van der Waals surface area contributed by atoms with E-state index in [0.717, 1.165) is 0 Å². The van der Waals surface area contributed by atoms with Crippen LogP contribution in [0, 0.1) is 0 Å². The number of carboxylic acid groups (broad SMARTS) is 1. The van der Waals surface area contributed by atoms with E-state index in [-0.39, 0.29) is 6.61 Å². The normalized spacial score (nSPS) is 13.4. The first-order valence-corrected chi connectivity index (χ1v) is 6.41. The molecule has 0 aromatic heterocycles. The van der Waals surface area contributed by atoms with E-state index in [1.807, 2.05) is 0 Å². The first-order valence-electron chi connectivity index (χ1n) is 6.41. The van der Waals surface area contributed by atoms with Crippen molar-refractivity contribution in [3.05, 3.63) is 29.8 Å². The second-order valence-electron chi connectivity index (χ2n) is 4.47. The Hall–Kier alpha value is -2.12. The summed E-state index contributed by atoms with van der Waals surface area (Å²) >= 11 is 0. The topological polar surface area (TPSA) is 111 Å². The zero-order chi connectivity index (χ0) is 15.8. The average Bonchev–Trinajstić information content (AvgIpc) is 2.42. The van der Waals surface area contributed by atoms with Crippen molar-refractivity contribution >= 4 is 17.6 Å². The summed E-state index contributed by atoms with van der Waals surface area (Å²) in [6, 6.07) is 5.45. The van der Waals surface area contributed by atoms with Crippen LogP contribution in [0.4, 0.5) is 5.69 Å². The first kappa shape index (κ1) is 16.9. The van der Waals surface area contributed by atoms with Gasteiger partial charge in [-0.2, -0.15) is 0 Å². The molecule has 1 rings (SSSR count). The molecule has 0 saturated heterocycles. The van der Waals surface area contributed by atoms with Crippen LogP contribution in [0.25, 0.3) is 0 Å². The third kappa shape index (κ3) is 5.41. The van der Waals surface area contributed by atoms with Crippen LogP contribution in [-0.4, -0.2) is 43.3 Å². The molecule has 0 fully saturated rings. The van der Waals surface area contributed by atoms with Crippen molar-refractivity contribution in [1.29, 1.82) is 0 Å². The first-order chi connectivity index (χ1) is 9.95. The third-order valence-electron chi connectivity index (χ3n) is 2.78. The summed E-state index contributed by atoms with van der Waals surface area (Å²) in [5, 5.41) is 11.7. The SMILES string of the molecule is COCCOC(c1ccc(N)cc1)[C@@H](NC(C)=O)C(=O)O. The van der Waals surface area contributed by atoms with Gasteiger partial charge in [-0.05, 0) is 17.7 Å². The summed E-state index contributed by atoms with van der Waals surface area (Å²) in [5.74, 6) is -1.62. The molecule has 7 nitrogen and oxygen atoms in total. The number of amides is 1. The number of nitrogens with two attached hydrogens (primary N) is 1. The molecule has 0 radical (unpaired) electrons. The Kier molecular flexibility index (Phi) is 6.64. The lowest BCUT2D eigenvalue weighted by molar-refractivity contribution is -0.147. The highest BCUT2D eigenvalue weighted by atomic mass is 16.5. The standard InChI is InChI=1S/C14H20N2O5/c1-9(17)16-12(14(18)19)13(21-8-7-20-2)10-3-5-11(15)6-4-10/h3-6,12-13H,7-8,15H2,1-2H3,(H,16,17)(H,18,19)/t12-,13?/m1/s1. The summed E-state index contributed by atoms with van der Waals surface area (Å²) in [6.45, 7) is 1.78. The van der Waals surface area contributed by atoms with Crippen LogP contribution < -0.4 is 11.1 Å². The van der Waals surface area contributed by atoms with Crippen LogP contribution in [-0.2, 0) is 19.1 Å². The van der Waals surface area contributed by atoms with E-state index in [1.54, 1.807) is 24.3 Å². The third-order valence-corrected chi connectivity index (χ3v) is 2.78. The smallest absolute Gasteiger partial charge is 0.329 e. The minimum atomic E-state index is -1.19. The Labute approximate surface area is 123 Å². The lowest BCUT2D eigenvalue weighted by Gasteiger charge is -2.25. The quantitative estimate of drug-likeness (QED) is 0.477. The predicted octanol–water partition coefficient (Wildman–Crippen LogP) is 0.562. The fraction of sp³-hybridized carbons (Fsp3) is 0.429.